The molecule has 0 spiro atoms. The first-order valence-electron chi connectivity index (χ1n) is 9.26. The summed E-state index contributed by atoms with van der Waals surface area (Å²) in [6.45, 7) is 7.81. The van der Waals surface area contributed by atoms with Crippen LogP contribution >= 0.6 is 0 Å². The van der Waals surface area contributed by atoms with Crippen molar-refractivity contribution in [2.45, 2.75) is 6.04 Å². The summed E-state index contributed by atoms with van der Waals surface area (Å²) >= 11 is 0. The van der Waals surface area contributed by atoms with E-state index in [9.17, 15) is 4.79 Å². The number of nitrogens with zero attached hydrogens (tertiary/aromatic N) is 1. The number of ether oxygens (including phenoxy) is 2. The quantitative estimate of drug-likeness (QED) is 0.730. The van der Waals surface area contributed by atoms with Crippen molar-refractivity contribution in [3.8, 4) is 5.75 Å². The number of morpholine rings is 1. The molecule has 1 aliphatic rings. The number of hydrogen-bond donors (Lipinski definition) is 1. The third kappa shape index (κ3) is 5.42. The second-order valence-corrected chi connectivity index (χ2v) is 6.41. The van der Waals surface area contributed by atoms with Crippen LogP contribution < -0.4 is 10.1 Å². The maximum atomic E-state index is 12.6. The Labute approximate surface area is 160 Å². The summed E-state index contributed by atoms with van der Waals surface area (Å²) < 4.78 is 10.9. The summed E-state index contributed by atoms with van der Waals surface area (Å²) in [6.07, 6.45) is 1.69. The van der Waals surface area contributed by atoms with Crippen molar-refractivity contribution in [3.63, 3.8) is 0 Å². The Morgan fingerprint density at radius 3 is 2.52 bits per heavy atom. The molecule has 3 rings (SSSR count). The number of hydrogen-bond acceptors (Lipinski definition) is 4. The molecule has 0 saturated carbocycles. The SMILES string of the molecule is C=CCOc1ccc(C(=O)NCC(c2ccccc2)N2CCOCC2)cc1. The summed E-state index contributed by atoms with van der Waals surface area (Å²) in [7, 11) is 0. The molecular weight excluding hydrogens is 340 g/mol. The summed E-state index contributed by atoms with van der Waals surface area (Å²) in [5, 5.41) is 3.08. The minimum absolute atomic E-state index is 0.0838. The number of benzene rings is 2. The number of carbonyl (C=O) groups excluding carboxylic acids is 1. The maximum Gasteiger partial charge on any atom is 0.251 e. The number of carbonyl (C=O) groups is 1. The Bertz CT molecular complexity index is 725. The van der Waals surface area contributed by atoms with Crippen LogP contribution in [0.15, 0.2) is 67.3 Å². The van der Waals surface area contributed by atoms with E-state index in [4.69, 9.17) is 9.47 Å². The van der Waals surface area contributed by atoms with Gasteiger partial charge in [0.15, 0.2) is 0 Å². The predicted molar refractivity (Wildman–Crippen MR) is 106 cm³/mol. The normalized spacial score (nSPS) is 15.7. The molecular formula is C22H26N2O3. The highest BCUT2D eigenvalue weighted by molar-refractivity contribution is 5.94. The molecule has 1 atom stereocenters. The van der Waals surface area contributed by atoms with Crippen LogP contribution in [0, 0.1) is 0 Å². The lowest BCUT2D eigenvalue weighted by molar-refractivity contribution is 0.0162. The minimum atomic E-state index is -0.0838. The van der Waals surface area contributed by atoms with Crippen LogP contribution in [0.4, 0.5) is 0 Å². The highest BCUT2D eigenvalue weighted by Gasteiger charge is 2.23. The van der Waals surface area contributed by atoms with Crippen molar-refractivity contribution in [2.24, 2.45) is 0 Å². The van der Waals surface area contributed by atoms with E-state index >= 15 is 0 Å². The van der Waals surface area contributed by atoms with Gasteiger partial charge < -0.3 is 14.8 Å². The number of amides is 1. The highest BCUT2D eigenvalue weighted by atomic mass is 16.5. The first-order chi connectivity index (χ1) is 13.3. The van der Waals surface area contributed by atoms with E-state index in [0.29, 0.717) is 18.7 Å². The molecule has 1 aliphatic heterocycles. The molecule has 1 unspecified atom stereocenters. The van der Waals surface area contributed by atoms with Crippen molar-refractivity contribution in [1.82, 2.24) is 10.2 Å². The van der Waals surface area contributed by atoms with Gasteiger partial charge in [0.25, 0.3) is 5.91 Å². The lowest BCUT2D eigenvalue weighted by Gasteiger charge is -2.35. The third-order valence-corrected chi connectivity index (χ3v) is 4.61. The van der Waals surface area contributed by atoms with Gasteiger partial charge in [-0.2, -0.15) is 0 Å². The van der Waals surface area contributed by atoms with Gasteiger partial charge >= 0.3 is 0 Å². The highest BCUT2D eigenvalue weighted by Crippen LogP contribution is 2.21. The van der Waals surface area contributed by atoms with Gasteiger partial charge in [0.2, 0.25) is 0 Å². The summed E-state index contributed by atoms with van der Waals surface area (Å²) in [6, 6.07) is 17.6. The van der Waals surface area contributed by atoms with Crippen molar-refractivity contribution in [1.29, 1.82) is 0 Å². The fourth-order valence-corrected chi connectivity index (χ4v) is 3.17. The van der Waals surface area contributed by atoms with Crippen LogP contribution in [-0.2, 0) is 4.74 Å². The lowest BCUT2D eigenvalue weighted by atomic mass is 10.0. The Balaban J connectivity index is 1.63. The number of rotatable bonds is 8. The second-order valence-electron chi connectivity index (χ2n) is 6.41. The van der Waals surface area contributed by atoms with Gasteiger partial charge in [0, 0.05) is 25.2 Å². The smallest absolute Gasteiger partial charge is 0.251 e. The van der Waals surface area contributed by atoms with Crippen molar-refractivity contribution in [2.75, 3.05) is 39.5 Å². The largest absolute Gasteiger partial charge is 0.490 e. The first-order valence-corrected chi connectivity index (χ1v) is 9.26. The van der Waals surface area contributed by atoms with Crippen molar-refractivity contribution >= 4 is 5.91 Å². The summed E-state index contributed by atoms with van der Waals surface area (Å²) in [5.74, 6) is 0.640. The standard InChI is InChI=1S/C22H26N2O3/c1-2-14-27-20-10-8-19(9-11-20)22(25)23-17-21(18-6-4-3-5-7-18)24-12-15-26-16-13-24/h2-11,21H,1,12-17H2,(H,23,25). The molecule has 0 aromatic heterocycles. The third-order valence-electron chi connectivity index (χ3n) is 4.61. The molecule has 1 fully saturated rings. The molecule has 1 amide bonds. The Hall–Kier alpha value is -2.63. The first kappa shape index (κ1) is 19.1. The van der Waals surface area contributed by atoms with Gasteiger partial charge in [-0.05, 0) is 29.8 Å². The van der Waals surface area contributed by atoms with Crippen LogP contribution in [0.25, 0.3) is 0 Å². The monoisotopic (exact) mass is 366 g/mol. The van der Waals surface area contributed by atoms with E-state index < -0.39 is 0 Å². The lowest BCUT2D eigenvalue weighted by Crippen LogP contribution is -2.43. The van der Waals surface area contributed by atoms with Crippen molar-refractivity contribution in [3.05, 3.63) is 78.4 Å². The molecule has 1 N–H and O–H groups in total. The fourth-order valence-electron chi connectivity index (χ4n) is 3.17. The van der Waals surface area contributed by atoms with E-state index in [0.717, 1.165) is 32.1 Å². The zero-order chi connectivity index (χ0) is 18.9. The van der Waals surface area contributed by atoms with Gasteiger partial charge in [0.05, 0.1) is 19.3 Å². The Morgan fingerprint density at radius 1 is 1.15 bits per heavy atom. The van der Waals surface area contributed by atoms with Gasteiger partial charge in [-0.3, -0.25) is 9.69 Å². The van der Waals surface area contributed by atoms with Gasteiger partial charge in [-0.1, -0.05) is 43.0 Å². The van der Waals surface area contributed by atoms with Gasteiger partial charge in [-0.15, -0.1) is 0 Å². The molecule has 27 heavy (non-hydrogen) atoms. The molecule has 2 aromatic carbocycles. The topological polar surface area (TPSA) is 50.8 Å². The van der Waals surface area contributed by atoms with E-state index in [-0.39, 0.29) is 11.9 Å². The molecule has 142 valence electrons. The zero-order valence-electron chi connectivity index (χ0n) is 15.5. The van der Waals surface area contributed by atoms with E-state index in [1.807, 2.05) is 18.2 Å². The molecule has 2 aromatic rings. The molecule has 5 heteroatoms. The van der Waals surface area contributed by atoms with E-state index in [1.165, 1.54) is 5.56 Å². The average molecular weight is 366 g/mol. The van der Waals surface area contributed by atoms with E-state index in [1.54, 1.807) is 30.3 Å². The van der Waals surface area contributed by atoms with E-state index in [2.05, 4.69) is 28.9 Å². The minimum Gasteiger partial charge on any atom is -0.490 e. The summed E-state index contributed by atoms with van der Waals surface area (Å²) in [5.41, 5.74) is 1.82. The van der Waals surface area contributed by atoms with Crippen molar-refractivity contribution < 1.29 is 14.3 Å². The molecule has 0 bridgehead atoms. The molecule has 0 radical (unpaired) electrons. The van der Waals surface area contributed by atoms with Gasteiger partial charge in [0.1, 0.15) is 12.4 Å². The fraction of sp³-hybridized carbons (Fsp3) is 0.318. The zero-order valence-corrected chi connectivity index (χ0v) is 15.5. The molecule has 0 aliphatic carbocycles. The van der Waals surface area contributed by atoms with Gasteiger partial charge in [-0.25, -0.2) is 0 Å². The molecule has 1 saturated heterocycles. The predicted octanol–water partition coefficient (Wildman–Crippen LogP) is 3.05. The van der Waals surface area contributed by atoms with Crippen LogP contribution in [-0.4, -0.2) is 50.3 Å². The average Bonchev–Trinajstić information content (AvgIpc) is 2.74. The van der Waals surface area contributed by atoms with Crippen LogP contribution in [0.1, 0.15) is 22.0 Å². The number of nitrogens with one attached hydrogen (secondary N) is 1. The summed E-state index contributed by atoms with van der Waals surface area (Å²) in [4.78, 5) is 14.9. The van der Waals surface area contributed by atoms with Crippen LogP contribution in [0.5, 0.6) is 5.75 Å². The Kier molecular flexibility index (Phi) is 7.02. The molecule has 1 heterocycles. The van der Waals surface area contributed by atoms with Crippen LogP contribution in [0.2, 0.25) is 0 Å². The Morgan fingerprint density at radius 2 is 1.85 bits per heavy atom. The van der Waals surface area contributed by atoms with Crippen LogP contribution in [0.3, 0.4) is 0 Å². The second kappa shape index (κ2) is 9.90. The molecule has 5 nitrogen and oxygen atoms in total. The maximum absolute atomic E-state index is 12.6.